The molecule has 0 aliphatic heterocycles. The second-order valence-electron chi connectivity index (χ2n) is 6.83. The minimum atomic E-state index is -1.16. The number of allylic oxidation sites excluding steroid dienone is 2. The third-order valence-electron chi connectivity index (χ3n) is 3.56. The Kier molecular flexibility index (Phi) is 4.95. The van der Waals surface area contributed by atoms with Gasteiger partial charge in [-0.2, -0.15) is 0 Å². The third kappa shape index (κ3) is 6.17. The largest absolute Gasteiger partial charge is 0.132 e. The lowest BCUT2D eigenvalue weighted by Crippen LogP contribution is -2.16. The van der Waals surface area contributed by atoms with Crippen LogP contribution < -0.4 is 0 Å². The summed E-state index contributed by atoms with van der Waals surface area (Å²) in [5.41, 5.74) is 6.98. The van der Waals surface area contributed by atoms with Crippen LogP contribution in [0.3, 0.4) is 0 Å². The lowest BCUT2D eigenvalue weighted by atomic mass is 10.2. The summed E-state index contributed by atoms with van der Waals surface area (Å²) in [5.74, 6) is 10.9. The average molecular weight is 270 g/mol. The van der Waals surface area contributed by atoms with E-state index in [0.29, 0.717) is 0 Å². The highest BCUT2D eigenvalue weighted by atomic mass is 28.3. The lowest BCUT2D eigenvalue weighted by Gasteiger charge is -2.02. The first-order valence-corrected chi connectivity index (χ1v) is 11.2. The molecule has 0 N–H and O–H groups in total. The van der Waals surface area contributed by atoms with Gasteiger partial charge in [0.05, 0.1) is 0 Å². The zero-order valence-electron chi connectivity index (χ0n) is 12.7. The van der Waals surface area contributed by atoms with E-state index in [2.05, 4.69) is 42.9 Å². The van der Waals surface area contributed by atoms with Gasteiger partial charge in [-0.1, -0.05) is 30.8 Å². The molecule has 0 radical (unpaired) electrons. The Morgan fingerprint density at radius 2 is 1.68 bits per heavy atom. The minimum absolute atomic E-state index is 0.925. The number of hydrogen-bond donors (Lipinski definition) is 0. The van der Waals surface area contributed by atoms with Gasteiger partial charge in [0.1, 0.15) is 8.07 Å². The molecule has 1 atom stereocenters. The molecule has 0 aromatic heterocycles. The zero-order chi connectivity index (χ0) is 13.7. The van der Waals surface area contributed by atoms with Crippen LogP contribution in [0.25, 0.3) is 0 Å². The van der Waals surface area contributed by atoms with Gasteiger partial charge in [0.2, 0.25) is 0 Å². The predicted octanol–water partition coefficient (Wildman–Crippen LogP) is 4.93. The van der Waals surface area contributed by atoms with Crippen LogP contribution in [-0.4, -0.2) is 8.07 Å². The Balaban J connectivity index is 1.49. The van der Waals surface area contributed by atoms with Crippen molar-refractivity contribution in [3.63, 3.8) is 0 Å². The Labute approximate surface area is 120 Å². The first-order valence-electron chi connectivity index (χ1n) is 7.73. The fourth-order valence-corrected chi connectivity index (χ4v) is 2.97. The van der Waals surface area contributed by atoms with Crippen LogP contribution in [0, 0.1) is 29.2 Å². The summed E-state index contributed by atoms with van der Waals surface area (Å²) in [5, 5.41) is 0. The highest BCUT2D eigenvalue weighted by Gasteiger charge is 2.34. The van der Waals surface area contributed by atoms with Crippen molar-refractivity contribution in [2.45, 2.75) is 71.0 Å². The predicted molar refractivity (Wildman–Crippen MR) is 86.4 cm³/mol. The Bertz CT molecular complexity index is 462. The molecule has 102 valence electrons. The van der Waals surface area contributed by atoms with Gasteiger partial charge < -0.3 is 0 Å². The van der Waals surface area contributed by atoms with Crippen LogP contribution in [0.15, 0.2) is 11.1 Å². The van der Waals surface area contributed by atoms with Crippen molar-refractivity contribution in [3.05, 3.63) is 11.1 Å². The molecule has 0 nitrogen and oxygen atoms in total. The molecule has 19 heavy (non-hydrogen) atoms. The van der Waals surface area contributed by atoms with E-state index >= 15 is 0 Å². The van der Waals surface area contributed by atoms with Gasteiger partial charge in [0.15, 0.2) is 0 Å². The lowest BCUT2D eigenvalue weighted by molar-refractivity contribution is 0.773. The number of unbranched alkanes of at least 4 members (excludes halogenated alkanes) is 2. The molecular formula is C18H26Si. The zero-order valence-corrected chi connectivity index (χ0v) is 13.7. The molecule has 2 aliphatic carbocycles. The van der Waals surface area contributed by atoms with Gasteiger partial charge in [0, 0.05) is 19.3 Å². The third-order valence-corrected chi connectivity index (χ3v) is 4.49. The number of rotatable bonds is 4. The van der Waals surface area contributed by atoms with Crippen LogP contribution in [0.1, 0.15) is 51.4 Å². The maximum atomic E-state index is 3.40. The molecule has 0 heterocycles. The topological polar surface area (TPSA) is 0 Å². The SMILES string of the molecule is C[Si](C)(C)C#CCCCC#CCCC1CC1=C1CC1. The number of hydrogen-bond acceptors (Lipinski definition) is 0. The molecule has 0 bridgehead atoms. The van der Waals surface area contributed by atoms with Crippen LogP contribution in [0.2, 0.25) is 19.6 Å². The van der Waals surface area contributed by atoms with E-state index in [1.54, 1.807) is 11.1 Å². The van der Waals surface area contributed by atoms with E-state index < -0.39 is 8.07 Å². The fourth-order valence-electron chi connectivity index (χ4n) is 2.32. The summed E-state index contributed by atoms with van der Waals surface area (Å²) in [6, 6.07) is 0. The maximum Gasteiger partial charge on any atom is 0.129 e. The van der Waals surface area contributed by atoms with Crippen LogP contribution in [0.4, 0.5) is 0 Å². The van der Waals surface area contributed by atoms with E-state index in [0.717, 1.165) is 31.6 Å². The molecule has 2 aliphatic rings. The van der Waals surface area contributed by atoms with Crippen molar-refractivity contribution in [1.82, 2.24) is 0 Å². The highest BCUT2D eigenvalue weighted by molar-refractivity contribution is 6.83. The van der Waals surface area contributed by atoms with E-state index in [1.165, 1.54) is 25.7 Å². The van der Waals surface area contributed by atoms with E-state index in [-0.39, 0.29) is 0 Å². The van der Waals surface area contributed by atoms with E-state index in [9.17, 15) is 0 Å². The molecular weight excluding hydrogens is 244 g/mol. The summed E-state index contributed by atoms with van der Waals surface area (Å²) in [6.45, 7) is 6.88. The van der Waals surface area contributed by atoms with Crippen LogP contribution in [-0.2, 0) is 0 Å². The smallest absolute Gasteiger partial charge is 0.129 e. The van der Waals surface area contributed by atoms with Crippen molar-refractivity contribution in [2.24, 2.45) is 5.92 Å². The molecule has 2 saturated carbocycles. The molecule has 0 aromatic carbocycles. The first-order chi connectivity index (χ1) is 9.06. The molecule has 1 unspecified atom stereocenters. The summed E-state index contributed by atoms with van der Waals surface area (Å²) in [6.07, 6.45) is 9.79. The van der Waals surface area contributed by atoms with Crippen LogP contribution >= 0.6 is 0 Å². The van der Waals surface area contributed by atoms with Gasteiger partial charge in [-0.15, -0.1) is 23.3 Å². The van der Waals surface area contributed by atoms with Gasteiger partial charge >= 0.3 is 0 Å². The normalized spacial score (nSPS) is 20.3. The minimum Gasteiger partial charge on any atom is -0.132 e. The van der Waals surface area contributed by atoms with Gasteiger partial charge in [-0.25, -0.2) is 0 Å². The molecule has 0 spiro atoms. The molecule has 0 aromatic rings. The van der Waals surface area contributed by atoms with Gasteiger partial charge in [-0.3, -0.25) is 0 Å². The monoisotopic (exact) mass is 270 g/mol. The molecule has 2 fully saturated rings. The maximum absolute atomic E-state index is 3.40. The van der Waals surface area contributed by atoms with Crippen molar-refractivity contribution in [2.75, 3.05) is 0 Å². The van der Waals surface area contributed by atoms with Gasteiger partial charge in [-0.05, 0) is 38.0 Å². The standard InChI is InChI=1S/C18H26Si/c1-19(2,3)14-10-8-6-4-5-7-9-11-17-15-18(17)16-12-13-16/h17H,4,6,8-9,11-13,15H2,1-3H3. The summed E-state index contributed by atoms with van der Waals surface area (Å²) in [4.78, 5) is 0. The van der Waals surface area contributed by atoms with Crippen molar-refractivity contribution in [3.8, 4) is 23.3 Å². The second-order valence-corrected chi connectivity index (χ2v) is 11.6. The van der Waals surface area contributed by atoms with Gasteiger partial charge in [0.25, 0.3) is 0 Å². The summed E-state index contributed by atoms with van der Waals surface area (Å²) < 4.78 is 0. The Hall–Kier alpha value is -0.923. The highest BCUT2D eigenvalue weighted by Crippen LogP contribution is 2.50. The van der Waals surface area contributed by atoms with Crippen molar-refractivity contribution < 1.29 is 0 Å². The molecule has 1 heteroatoms. The second kappa shape index (κ2) is 6.49. The first kappa shape index (κ1) is 14.5. The summed E-state index contributed by atoms with van der Waals surface area (Å²) >= 11 is 0. The van der Waals surface area contributed by atoms with E-state index in [1.807, 2.05) is 0 Å². The molecule has 0 saturated heterocycles. The Morgan fingerprint density at radius 1 is 1.00 bits per heavy atom. The van der Waals surface area contributed by atoms with E-state index in [4.69, 9.17) is 0 Å². The Morgan fingerprint density at radius 3 is 2.37 bits per heavy atom. The average Bonchev–Trinajstić information content (AvgIpc) is 3.17. The quantitative estimate of drug-likeness (QED) is 0.294. The van der Waals surface area contributed by atoms with Crippen molar-refractivity contribution >= 4 is 8.07 Å². The van der Waals surface area contributed by atoms with Crippen molar-refractivity contribution in [1.29, 1.82) is 0 Å². The summed E-state index contributed by atoms with van der Waals surface area (Å²) in [7, 11) is -1.16. The fraction of sp³-hybridized carbons (Fsp3) is 0.667. The van der Waals surface area contributed by atoms with Crippen LogP contribution in [0.5, 0.6) is 0 Å². The molecule has 2 rings (SSSR count). The molecule has 0 amide bonds.